The lowest BCUT2D eigenvalue weighted by Crippen LogP contribution is -2.06. The minimum absolute atomic E-state index is 0.0988. The number of aromatic nitrogens is 2. The van der Waals surface area contributed by atoms with Crippen LogP contribution in [-0.2, 0) is 15.6 Å². The molecule has 2 aromatic carbocycles. The Balaban J connectivity index is 1.97. The minimum Gasteiger partial charge on any atom is -0.497 e. The molecule has 0 saturated carbocycles. The standard InChI is InChI=1S/C15H13ClN2O3S/c1-21-11-4-2-10(3-5-11)8-22(19,20)15-7-14-13(6-12(15)16)17-9-18-14/h2-7,9H,8H2,1H3,(H,17,18). The maximum Gasteiger partial charge on any atom is 0.184 e. The van der Waals surface area contributed by atoms with Crippen molar-refractivity contribution in [2.24, 2.45) is 0 Å². The Hall–Kier alpha value is -2.05. The van der Waals surface area contributed by atoms with E-state index in [2.05, 4.69) is 9.97 Å². The summed E-state index contributed by atoms with van der Waals surface area (Å²) in [5, 5.41) is 0.174. The maximum absolute atomic E-state index is 12.6. The molecule has 3 aromatic rings. The number of methoxy groups -OCH3 is 1. The highest BCUT2D eigenvalue weighted by molar-refractivity contribution is 7.90. The molecule has 0 atom stereocenters. The van der Waals surface area contributed by atoms with Crippen molar-refractivity contribution in [3.05, 3.63) is 53.3 Å². The van der Waals surface area contributed by atoms with Crippen molar-refractivity contribution in [2.75, 3.05) is 7.11 Å². The predicted molar refractivity (Wildman–Crippen MR) is 85.0 cm³/mol. The number of aromatic amines is 1. The molecular weight excluding hydrogens is 324 g/mol. The number of fused-ring (bicyclic) bond motifs is 1. The lowest BCUT2D eigenvalue weighted by Gasteiger charge is -2.08. The molecule has 3 rings (SSSR count). The highest BCUT2D eigenvalue weighted by Crippen LogP contribution is 2.28. The fourth-order valence-electron chi connectivity index (χ4n) is 2.19. The average molecular weight is 337 g/mol. The summed E-state index contributed by atoms with van der Waals surface area (Å²) >= 11 is 6.11. The van der Waals surface area contributed by atoms with Crippen LogP contribution in [0.4, 0.5) is 0 Å². The van der Waals surface area contributed by atoms with Crippen LogP contribution in [0.1, 0.15) is 5.56 Å². The number of nitrogens with one attached hydrogen (secondary N) is 1. The third kappa shape index (κ3) is 2.80. The lowest BCUT2D eigenvalue weighted by molar-refractivity contribution is 0.414. The zero-order chi connectivity index (χ0) is 15.7. The number of hydrogen-bond donors (Lipinski definition) is 1. The van der Waals surface area contributed by atoms with Gasteiger partial charge in [-0.2, -0.15) is 0 Å². The average Bonchev–Trinajstić information content (AvgIpc) is 2.94. The van der Waals surface area contributed by atoms with E-state index in [-0.39, 0.29) is 15.7 Å². The number of hydrogen-bond acceptors (Lipinski definition) is 4. The number of imidazole rings is 1. The predicted octanol–water partition coefficient (Wildman–Crippen LogP) is 3.20. The SMILES string of the molecule is COc1ccc(CS(=O)(=O)c2cc3[nH]cnc3cc2Cl)cc1. The zero-order valence-corrected chi connectivity index (χ0v) is 13.3. The summed E-state index contributed by atoms with van der Waals surface area (Å²) in [6.45, 7) is 0. The number of rotatable bonds is 4. The first-order valence-corrected chi connectivity index (χ1v) is 8.51. The molecule has 0 spiro atoms. The van der Waals surface area contributed by atoms with Crippen LogP contribution in [0.5, 0.6) is 5.75 Å². The van der Waals surface area contributed by atoms with Crippen molar-refractivity contribution in [1.82, 2.24) is 9.97 Å². The van der Waals surface area contributed by atoms with Crippen molar-refractivity contribution in [3.63, 3.8) is 0 Å². The van der Waals surface area contributed by atoms with E-state index in [1.165, 1.54) is 12.4 Å². The molecule has 0 amide bonds. The van der Waals surface area contributed by atoms with E-state index in [9.17, 15) is 8.42 Å². The topological polar surface area (TPSA) is 72.1 Å². The first-order valence-electron chi connectivity index (χ1n) is 6.48. The van der Waals surface area contributed by atoms with Gasteiger partial charge in [-0.3, -0.25) is 0 Å². The van der Waals surface area contributed by atoms with E-state index >= 15 is 0 Å². The number of H-pyrrole nitrogens is 1. The van der Waals surface area contributed by atoms with Crippen molar-refractivity contribution in [2.45, 2.75) is 10.6 Å². The first kappa shape index (κ1) is 14.9. The number of halogens is 1. The zero-order valence-electron chi connectivity index (χ0n) is 11.7. The molecule has 0 bridgehead atoms. The van der Waals surface area contributed by atoms with Crippen molar-refractivity contribution < 1.29 is 13.2 Å². The molecule has 0 saturated heterocycles. The Labute approximate surface area is 132 Å². The number of nitrogens with zero attached hydrogens (tertiary/aromatic N) is 1. The minimum atomic E-state index is -3.55. The Bertz CT molecular complexity index is 918. The third-order valence-corrected chi connectivity index (χ3v) is 5.47. The van der Waals surface area contributed by atoms with Gasteiger partial charge in [0.2, 0.25) is 0 Å². The molecule has 0 aliphatic rings. The highest BCUT2D eigenvalue weighted by atomic mass is 35.5. The second kappa shape index (κ2) is 5.62. The summed E-state index contributed by atoms with van der Waals surface area (Å²) in [5.41, 5.74) is 1.94. The molecule has 0 unspecified atom stereocenters. The number of sulfone groups is 1. The van der Waals surface area contributed by atoms with Crippen LogP contribution in [0.3, 0.4) is 0 Å². The van der Waals surface area contributed by atoms with E-state index < -0.39 is 9.84 Å². The summed E-state index contributed by atoms with van der Waals surface area (Å²) in [4.78, 5) is 7.04. The maximum atomic E-state index is 12.6. The fraction of sp³-hybridized carbons (Fsp3) is 0.133. The van der Waals surface area contributed by atoms with Gasteiger partial charge in [-0.1, -0.05) is 23.7 Å². The van der Waals surface area contributed by atoms with Gasteiger partial charge in [-0.05, 0) is 29.8 Å². The molecule has 0 fully saturated rings. The largest absolute Gasteiger partial charge is 0.497 e. The van der Waals surface area contributed by atoms with Gasteiger partial charge < -0.3 is 9.72 Å². The summed E-state index contributed by atoms with van der Waals surface area (Å²) in [7, 11) is -1.99. The lowest BCUT2D eigenvalue weighted by atomic mass is 10.2. The molecule has 5 nitrogen and oxygen atoms in total. The molecule has 114 valence electrons. The van der Waals surface area contributed by atoms with Gasteiger partial charge in [0.1, 0.15) is 5.75 Å². The summed E-state index contributed by atoms with van der Waals surface area (Å²) < 4.78 is 30.2. The Morgan fingerprint density at radius 1 is 1.23 bits per heavy atom. The molecular formula is C15H13ClN2O3S. The van der Waals surface area contributed by atoms with Crippen LogP contribution < -0.4 is 4.74 Å². The highest BCUT2D eigenvalue weighted by Gasteiger charge is 2.20. The van der Waals surface area contributed by atoms with Gasteiger partial charge in [-0.25, -0.2) is 13.4 Å². The second-order valence-corrected chi connectivity index (χ2v) is 7.17. The van der Waals surface area contributed by atoms with Crippen LogP contribution in [0.25, 0.3) is 11.0 Å². The third-order valence-electron chi connectivity index (χ3n) is 3.32. The van der Waals surface area contributed by atoms with Crippen LogP contribution in [0, 0.1) is 0 Å². The molecule has 1 aromatic heterocycles. The molecule has 7 heteroatoms. The van der Waals surface area contributed by atoms with Crippen molar-refractivity contribution in [3.8, 4) is 5.75 Å². The molecule has 1 N–H and O–H groups in total. The first-order chi connectivity index (χ1) is 10.5. The molecule has 1 heterocycles. The summed E-state index contributed by atoms with van der Waals surface area (Å²) in [6, 6.07) is 9.96. The Kier molecular flexibility index (Phi) is 3.80. The van der Waals surface area contributed by atoms with Gasteiger partial charge in [0, 0.05) is 0 Å². The van der Waals surface area contributed by atoms with E-state index in [1.54, 1.807) is 37.4 Å². The number of ether oxygens (including phenoxy) is 1. The molecule has 0 aliphatic carbocycles. The van der Waals surface area contributed by atoms with Crippen molar-refractivity contribution >= 4 is 32.5 Å². The van der Waals surface area contributed by atoms with Gasteiger partial charge in [0.05, 0.1) is 40.1 Å². The molecule has 0 aliphatic heterocycles. The summed E-state index contributed by atoms with van der Waals surface area (Å²) in [6.07, 6.45) is 1.50. The van der Waals surface area contributed by atoms with Crippen LogP contribution in [-0.4, -0.2) is 25.5 Å². The molecule has 0 radical (unpaired) electrons. The van der Waals surface area contributed by atoms with Crippen LogP contribution >= 0.6 is 11.6 Å². The van der Waals surface area contributed by atoms with Gasteiger partial charge in [-0.15, -0.1) is 0 Å². The number of benzene rings is 2. The monoisotopic (exact) mass is 336 g/mol. The Morgan fingerprint density at radius 3 is 2.64 bits per heavy atom. The quantitative estimate of drug-likeness (QED) is 0.794. The van der Waals surface area contributed by atoms with Gasteiger partial charge in [0.25, 0.3) is 0 Å². The van der Waals surface area contributed by atoms with Crippen molar-refractivity contribution in [1.29, 1.82) is 0 Å². The normalized spacial score (nSPS) is 11.7. The molecule has 22 heavy (non-hydrogen) atoms. The van der Waals surface area contributed by atoms with Crippen LogP contribution in [0.2, 0.25) is 5.02 Å². The second-order valence-electron chi connectivity index (χ2n) is 4.81. The van der Waals surface area contributed by atoms with E-state index in [1.807, 2.05) is 0 Å². The van der Waals surface area contributed by atoms with Crippen LogP contribution in [0.15, 0.2) is 47.6 Å². The van der Waals surface area contributed by atoms with Gasteiger partial charge >= 0.3 is 0 Å². The summed E-state index contributed by atoms with van der Waals surface area (Å²) in [5.74, 6) is 0.550. The van der Waals surface area contributed by atoms with E-state index in [0.29, 0.717) is 22.3 Å². The Morgan fingerprint density at radius 2 is 1.95 bits per heavy atom. The fourth-order valence-corrected chi connectivity index (χ4v) is 4.14. The smallest absolute Gasteiger partial charge is 0.184 e. The van der Waals surface area contributed by atoms with E-state index in [4.69, 9.17) is 16.3 Å². The van der Waals surface area contributed by atoms with E-state index in [0.717, 1.165) is 0 Å². The van der Waals surface area contributed by atoms with Gasteiger partial charge in [0.15, 0.2) is 9.84 Å².